The highest BCUT2D eigenvalue weighted by atomic mass is 79.9. The van der Waals surface area contributed by atoms with Crippen molar-refractivity contribution in [2.75, 3.05) is 20.3 Å². The number of nitrogens with two attached hydrogens (primary N) is 1. The molecule has 1 unspecified atom stereocenters. The number of rotatable bonds is 8. The first-order valence-electron chi connectivity index (χ1n) is 6.07. The quantitative estimate of drug-likeness (QED) is 0.439. The molecular formula is C13H21BrN2O2. The molecule has 1 aromatic rings. The summed E-state index contributed by atoms with van der Waals surface area (Å²) in [6.07, 6.45) is 1.80. The van der Waals surface area contributed by atoms with Gasteiger partial charge in [-0.1, -0.05) is 22.9 Å². The smallest absolute Gasteiger partial charge is 0.119 e. The average Bonchev–Trinajstić information content (AvgIpc) is 2.40. The molecule has 18 heavy (non-hydrogen) atoms. The van der Waals surface area contributed by atoms with Crippen molar-refractivity contribution in [3.63, 3.8) is 0 Å². The number of hydrazine groups is 1. The highest BCUT2D eigenvalue weighted by molar-refractivity contribution is 9.10. The highest BCUT2D eigenvalue weighted by Gasteiger charge is 2.11. The lowest BCUT2D eigenvalue weighted by Crippen LogP contribution is -2.40. The largest absolute Gasteiger partial charge is 0.497 e. The van der Waals surface area contributed by atoms with Gasteiger partial charge in [0.15, 0.2) is 0 Å². The molecule has 0 aliphatic rings. The van der Waals surface area contributed by atoms with E-state index < -0.39 is 0 Å². The second-order valence-corrected chi connectivity index (χ2v) is 4.95. The Kier molecular flexibility index (Phi) is 7.27. The van der Waals surface area contributed by atoms with Gasteiger partial charge in [0.2, 0.25) is 0 Å². The summed E-state index contributed by atoms with van der Waals surface area (Å²) in [4.78, 5) is 0. The van der Waals surface area contributed by atoms with Crippen molar-refractivity contribution in [2.45, 2.75) is 25.8 Å². The SMILES string of the molecule is CCCOCC(Cc1cc(OC)ccc1Br)NN. The number of nitrogens with one attached hydrogen (secondary N) is 1. The van der Waals surface area contributed by atoms with E-state index in [4.69, 9.17) is 15.3 Å². The normalized spacial score (nSPS) is 12.4. The second-order valence-electron chi connectivity index (χ2n) is 4.10. The van der Waals surface area contributed by atoms with Crippen LogP contribution in [0.2, 0.25) is 0 Å². The molecular weight excluding hydrogens is 296 g/mol. The first kappa shape index (κ1) is 15.4. The van der Waals surface area contributed by atoms with Crippen molar-refractivity contribution < 1.29 is 9.47 Å². The monoisotopic (exact) mass is 316 g/mol. The average molecular weight is 317 g/mol. The second kappa shape index (κ2) is 8.48. The van der Waals surface area contributed by atoms with E-state index in [0.29, 0.717) is 6.61 Å². The minimum Gasteiger partial charge on any atom is -0.497 e. The molecule has 0 saturated carbocycles. The van der Waals surface area contributed by atoms with Crippen LogP contribution in [-0.4, -0.2) is 26.4 Å². The van der Waals surface area contributed by atoms with Crippen molar-refractivity contribution in [1.29, 1.82) is 0 Å². The number of hydrogen-bond donors (Lipinski definition) is 2. The van der Waals surface area contributed by atoms with Crippen LogP contribution in [0.25, 0.3) is 0 Å². The molecule has 0 heterocycles. The van der Waals surface area contributed by atoms with Crippen LogP contribution in [-0.2, 0) is 11.2 Å². The lowest BCUT2D eigenvalue weighted by Gasteiger charge is -2.17. The van der Waals surface area contributed by atoms with Crippen LogP contribution in [0.4, 0.5) is 0 Å². The van der Waals surface area contributed by atoms with E-state index in [2.05, 4.69) is 28.3 Å². The molecule has 0 aliphatic heterocycles. The van der Waals surface area contributed by atoms with Crippen molar-refractivity contribution in [1.82, 2.24) is 5.43 Å². The molecule has 5 heteroatoms. The summed E-state index contributed by atoms with van der Waals surface area (Å²) in [6, 6.07) is 6.01. The lowest BCUT2D eigenvalue weighted by atomic mass is 10.1. The van der Waals surface area contributed by atoms with E-state index >= 15 is 0 Å². The number of ether oxygens (including phenoxy) is 2. The summed E-state index contributed by atoms with van der Waals surface area (Å²) in [5, 5.41) is 0. The highest BCUT2D eigenvalue weighted by Crippen LogP contribution is 2.23. The Morgan fingerprint density at radius 1 is 1.44 bits per heavy atom. The Balaban J connectivity index is 2.62. The molecule has 3 N–H and O–H groups in total. The minimum absolute atomic E-state index is 0.0972. The fourth-order valence-electron chi connectivity index (χ4n) is 1.64. The van der Waals surface area contributed by atoms with Crippen molar-refractivity contribution in [3.8, 4) is 5.75 Å². The summed E-state index contributed by atoms with van der Waals surface area (Å²) in [7, 11) is 1.66. The summed E-state index contributed by atoms with van der Waals surface area (Å²) < 4.78 is 11.8. The molecule has 0 amide bonds. The Bertz CT molecular complexity index is 361. The van der Waals surface area contributed by atoms with Gasteiger partial charge < -0.3 is 9.47 Å². The molecule has 102 valence electrons. The van der Waals surface area contributed by atoms with E-state index in [1.807, 2.05) is 18.2 Å². The van der Waals surface area contributed by atoms with E-state index in [1.165, 1.54) is 0 Å². The summed E-state index contributed by atoms with van der Waals surface area (Å²) in [5.41, 5.74) is 3.94. The number of methoxy groups -OCH3 is 1. The Hall–Kier alpha value is -0.620. The van der Waals surface area contributed by atoms with E-state index in [1.54, 1.807) is 7.11 Å². The third-order valence-electron chi connectivity index (χ3n) is 2.62. The topological polar surface area (TPSA) is 56.5 Å². The van der Waals surface area contributed by atoms with Crippen LogP contribution in [0.5, 0.6) is 5.75 Å². The molecule has 4 nitrogen and oxygen atoms in total. The zero-order valence-electron chi connectivity index (χ0n) is 10.9. The number of hydrogen-bond acceptors (Lipinski definition) is 4. The maximum atomic E-state index is 5.55. The third kappa shape index (κ3) is 4.94. The fraction of sp³-hybridized carbons (Fsp3) is 0.538. The van der Waals surface area contributed by atoms with Crippen LogP contribution in [0, 0.1) is 0 Å². The van der Waals surface area contributed by atoms with Gasteiger partial charge in [-0.05, 0) is 36.6 Å². The Morgan fingerprint density at radius 2 is 2.22 bits per heavy atom. The molecule has 1 rings (SSSR count). The summed E-state index contributed by atoms with van der Waals surface area (Å²) in [6.45, 7) is 3.45. The molecule has 0 saturated heterocycles. The Morgan fingerprint density at radius 3 is 2.83 bits per heavy atom. The molecule has 1 atom stereocenters. The summed E-state index contributed by atoms with van der Waals surface area (Å²) >= 11 is 3.53. The zero-order valence-corrected chi connectivity index (χ0v) is 12.5. The summed E-state index contributed by atoms with van der Waals surface area (Å²) in [5.74, 6) is 6.39. The molecule has 0 aliphatic carbocycles. The van der Waals surface area contributed by atoms with Crippen LogP contribution >= 0.6 is 15.9 Å². The third-order valence-corrected chi connectivity index (χ3v) is 3.40. The maximum absolute atomic E-state index is 5.55. The van der Waals surface area contributed by atoms with Crippen LogP contribution in [0.15, 0.2) is 22.7 Å². The first-order chi connectivity index (χ1) is 8.71. The fourth-order valence-corrected chi connectivity index (χ4v) is 2.04. The van der Waals surface area contributed by atoms with Crippen molar-refractivity contribution in [3.05, 3.63) is 28.2 Å². The lowest BCUT2D eigenvalue weighted by molar-refractivity contribution is 0.112. The van der Waals surface area contributed by atoms with E-state index in [9.17, 15) is 0 Å². The van der Waals surface area contributed by atoms with Gasteiger partial charge in [0.1, 0.15) is 5.75 Å². The van der Waals surface area contributed by atoms with Crippen molar-refractivity contribution in [2.24, 2.45) is 5.84 Å². The molecule has 0 bridgehead atoms. The predicted molar refractivity (Wildman–Crippen MR) is 76.6 cm³/mol. The van der Waals surface area contributed by atoms with Crippen LogP contribution < -0.4 is 16.0 Å². The molecule has 1 aromatic carbocycles. The van der Waals surface area contributed by atoms with Crippen molar-refractivity contribution >= 4 is 15.9 Å². The van der Waals surface area contributed by atoms with Gasteiger partial charge in [0, 0.05) is 17.1 Å². The van der Waals surface area contributed by atoms with E-state index in [-0.39, 0.29) is 6.04 Å². The predicted octanol–water partition coefficient (Wildman–Crippen LogP) is 2.26. The minimum atomic E-state index is 0.0972. The molecule has 0 radical (unpaired) electrons. The van der Waals surface area contributed by atoms with Gasteiger partial charge in [-0.25, -0.2) is 0 Å². The van der Waals surface area contributed by atoms with Crippen LogP contribution in [0.3, 0.4) is 0 Å². The Labute approximate surface area is 117 Å². The number of benzene rings is 1. The first-order valence-corrected chi connectivity index (χ1v) is 6.86. The van der Waals surface area contributed by atoms with Gasteiger partial charge in [0.05, 0.1) is 13.7 Å². The van der Waals surface area contributed by atoms with Gasteiger partial charge in [-0.2, -0.15) is 0 Å². The van der Waals surface area contributed by atoms with Gasteiger partial charge in [-0.3, -0.25) is 11.3 Å². The van der Waals surface area contributed by atoms with Crippen LogP contribution in [0.1, 0.15) is 18.9 Å². The molecule has 0 aromatic heterocycles. The zero-order chi connectivity index (χ0) is 13.4. The standard InChI is InChI=1S/C13H21BrN2O2/c1-3-6-18-9-11(16-15)7-10-8-12(17-2)4-5-13(10)14/h4-5,8,11,16H,3,6-7,9,15H2,1-2H3. The maximum Gasteiger partial charge on any atom is 0.119 e. The molecule has 0 spiro atoms. The van der Waals surface area contributed by atoms with Gasteiger partial charge >= 0.3 is 0 Å². The van der Waals surface area contributed by atoms with Gasteiger partial charge in [0.25, 0.3) is 0 Å². The number of halogens is 1. The molecule has 0 fully saturated rings. The van der Waals surface area contributed by atoms with Gasteiger partial charge in [-0.15, -0.1) is 0 Å². The van der Waals surface area contributed by atoms with E-state index in [0.717, 1.165) is 35.2 Å².